The number of aliphatic hydroxyl groups excluding tert-OH is 1. The maximum Gasteiger partial charge on any atom is 0.419 e. The third-order valence-electron chi connectivity index (χ3n) is 5.29. The molecular formula is C27H28N2O4. The first-order chi connectivity index (χ1) is 15.8. The number of aromatic nitrogens is 2. The lowest BCUT2D eigenvalue weighted by Gasteiger charge is -2.21. The average Bonchev–Trinajstić information content (AvgIpc) is 3.12. The standard InChI is InChI=1S/C27H28N2O4/c1-27(2,3)33-26(31)29-24-16-21(32-4)13-14-22(24)23(25(29)18-9-6-5-7-10-18)15-19-11-8-12-20(17-30)28-19/h5-14,16,30H,15,17H2,1-4H3. The SMILES string of the molecule is COc1ccc2c(Cc3cccc(CO)n3)c(-c3ccccc3)n(C(=O)OC(C)(C)C)c2c1. The van der Waals surface area contributed by atoms with Crippen LogP contribution in [-0.2, 0) is 17.8 Å². The van der Waals surface area contributed by atoms with Crippen LogP contribution < -0.4 is 4.74 Å². The number of carbonyl (C=O) groups is 1. The van der Waals surface area contributed by atoms with Gasteiger partial charge < -0.3 is 14.6 Å². The molecule has 0 spiro atoms. The minimum Gasteiger partial charge on any atom is -0.497 e. The number of fused-ring (bicyclic) bond motifs is 1. The van der Waals surface area contributed by atoms with Crippen LogP contribution >= 0.6 is 0 Å². The largest absolute Gasteiger partial charge is 0.497 e. The molecule has 2 aromatic carbocycles. The molecule has 2 aromatic heterocycles. The molecule has 6 nitrogen and oxygen atoms in total. The van der Waals surface area contributed by atoms with Crippen molar-refractivity contribution in [3.8, 4) is 17.0 Å². The van der Waals surface area contributed by atoms with Crippen LogP contribution in [0.3, 0.4) is 0 Å². The smallest absolute Gasteiger partial charge is 0.419 e. The zero-order chi connectivity index (χ0) is 23.6. The number of carbonyl (C=O) groups excluding carboxylic acids is 1. The molecule has 0 amide bonds. The Labute approximate surface area is 193 Å². The predicted molar refractivity (Wildman–Crippen MR) is 129 cm³/mol. The van der Waals surface area contributed by atoms with Gasteiger partial charge in [-0.15, -0.1) is 0 Å². The van der Waals surface area contributed by atoms with E-state index in [0.29, 0.717) is 23.4 Å². The normalized spacial score (nSPS) is 11.5. The predicted octanol–water partition coefficient (Wildman–Crippen LogP) is 5.58. The van der Waals surface area contributed by atoms with Gasteiger partial charge in [-0.1, -0.05) is 36.4 Å². The van der Waals surface area contributed by atoms with Crippen molar-refractivity contribution in [2.24, 2.45) is 0 Å². The van der Waals surface area contributed by atoms with E-state index in [0.717, 1.165) is 27.9 Å². The van der Waals surface area contributed by atoms with Gasteiger partial charge >= 0.3 is 6.09 Å². The van der Waals surface area contributed by atoms with Crippen LogP contribution in [0, 0.1) is 0 Å². The molecule has 0 aliphatic heterocycles. The molecule has 33 heavy (non-hydrogen) atoms. The Morgan fingerprint density at radius 3 is 2.39 bits per heavy atom. The molecule has 4 aromatic rings. The lowest BCUT2D eigenvalue weighted by atomic mass is 10.0. The van der Waals surface area contributed by atoms with E-state index in [1.54, 1.807) is 17.7 Å². The molecule has 0 aliphatic carbocycles. The number of hydrogen-bond acceptors (Lipinski definition) is 5. The van der Waals surface area contributed by atoms with Crippen LogP contribution in [0.1, 0.15) is 37.7 Å². The van der Waals surface area contributed by atoms with Crippen molar-refractivity contribution in [2.75, 3.05) is 7.11 Å². The second-order valence-corrected chi connectivity index (χ2v) is 8.85. The first-order valence-corrected chi connectivity index (χ1v) is 10.9. The summed E-state index contributed by atoms with van der Waals surface area (Å²) in [6.45, 7) is 5.43. The van der Waals surface area contributed by atoms with E-state index >= 15 is 0 Å². The zero-order valence-electron chi connectivity index (χ0n) is 19.3. The molecule has 2 heterocycles. The Morgan fingerprint density at radius 2 is 1.73 bits per heavy atom. The van der Waals surface area contributed by atoms with Gasteiger partial charge in [0, 0.05) is 23.6 Å². The summed E-state index contributed by atoms with van der Waals surface area (Å²) in [5.41, 5.74) is 4.06. The Kier molecular flexibility index (Phi) is 6.20. The summed E-state index contributed by atoms with van der Waals surface area (Å²) in [5.74, 6) is 0.649. The van der Waals surface area contributed by atoms with E-state index in [2.05, 4.69) is 4.98 Å². The highest BCUT2D eigenvalue weighted by atomic mass is 16.6. The lowest BCUT2D eigenvalue weighted by molar-refractivity contribution is 0.0547. The molecule has 0 saturated carbocycles. The van der Waals surface area contributed by atoms with Crippen molar-refractivity contribution >= 4 is 17.0 Å². The molecule has 170 valence electrons. The van der Waals surface area contributed by atoms with Gasteiger partial charge in [0.2, 0.25) is 0 Å². The highest BCUT2D eigenvalue weighted by molar-refractivity contribution is 6.00. The van der Waals surface area contributed by atoms with Gasteiger partial charge in [-0.2, -0.15) is 0 Å². The number of benzene rings is 2. The Morgan fingerprint density at radius 1 is 1.00 bits per heavy atom. The number of rotatable bonds is 5. The topological polar surface area (TPSA) is 73.6 Å². The van der Waals surface area contributed by atoms with Crippen molar-refractivity contribution in [1.29, 1.82) is 0 Å². The maximum absolute atomic E-state index is 13.5. The monoisotopic (exact) mass is 444 g/mol. The summed E-state index contributed by atoms with van der Waals surface area (Å²) >= 11 is 0. The van der Waals surface area contributed by atoms with Crippen LogP contribution in [0.4, 0.5) is 4.79 Å². The van der Waals surface area contributed by atoms with E-state index in [1.165, 1.54) is 0 Å². The number of hydrogen-bond donors (Lipinski definition) is 1. The van der Waals surface area contributed by atoms with Gasteiger partial charge in [0.1, 0.15) is 11.4 Å². The molecule has 6 heteroatoms. The summed E-state index contributed by atoms with van der Waals surface area (Å²) in [4.78, 5) is 18.1. The number of ether oxygens (including phenoxy) is 2. The van der Waals surface area contributed by atoms with Crippen LogP contribution in [0.15, 0.2) is 66.7 Å². The first kappa shape index (κ1) is 22.6. The van der Waals surface area contributed by atoms with E-state index in [4.69, 9.17) is 9.47 Å². The van der Waals surface area contributed by atoms with Crippen molar-refractivity contribution < 1.29 is 19.4 Å². The van der Waals surface area contributed by atoms with Gasteiger partial charge in [0.15, 0.2) is 0 Å². The third kappa shape index (κ3) is 4.76. The fourth-order valence-electron chi connectivity index (χ4n) is 3.93. The van der Waals surface area contributed by atoms with Crippen molar-refractivity contribution in [3.05, 3.63) is 83.7 Å². The number of nitrogens with zero attached hydrogens (tertiary/aromatic N) is 2. The number of aliphatic hydroxyl groups is 1. The Bertz CT molecular complexity index is 1290. The highest BCUT2D eigenvalue weighted by Gasteiger charge is 2.27. The van der Waals surface area contributed by atoms with E-state index in [1.807, 2.05) is 81.4 Å². The third-order valence-corrected chi connectivity index (χ3v) is 5.29. The summed E-state index contributed by atoms with van der Waals surface area (Å²) < 4.78 is 12.9. The van der Waals surface area contributed by atoms with Crippen LogP contribution in [0.2, 0.25) is 0 Å². The fourth-order valence-corrected chi connectivity index (χ4v) is 3.93. The first-order valence-electron chi connectivity index (χ1n) is 10.9. The minimum absolute atomic E-state index is 0.129. The van der Waals surface area contributed by atoms with Crippen LogP contribution in [-0.4, -0.2) is 33.5 Å². The Balaban J connectivity index is 2.01. The molecular weight excluding hydrogens is 416 g/mol. The van der Waals surface area contributed by atoms with E-state index in [-0.39, 0.29) is 6.61 Å². The number of pyridine rings is 1. The second-order valence-electron chi connectivity index (χ2n) is 8.85. The molecule has 4 rings (SSSR count). The van der Waals surface area contributed by atoms with Crippen LogP contribution in [0.5, 0.6) is 5.75 Å². The molecule has 0 aliphatic rings. The maximum atomic E-state index is 13.5. The minimum atomic E-state index is -0.655. The molecule has 0 radical (unpaired) electrons. The second kappa shape index (κ2) is 9.08. The van der Waals surface area contributed by atoms with Crippen molar-refractivity contribution in [1.82, 2.24) is 9.55 Å². The molecule has 0 unspecified atom stereocenters. The van der Waals surface area contributed by atoms with Gasteiger partial charge in [-0.05, 0) is 56.2 Å². The van der Waals surface area contributed by atoms with Gasteiger partial charge in [0.25, 0.3) is 0 Å². The quantitative estimate of drug-likeness (QED) is 0.435. The summed E-state index contributed by atoms with van der Waals surface area (Å²) in [6.07, 6.45) is 0.0272. The lowest BCUT2D eigenvalue weighted by Crippen LogP contribution is -2.27. The summed E-state index contributed by atoms with van der Waals surface area (Å²) in [7, 11) is 1.60. The molecule has 0 fully saturated rings. The summed E-state index contributed by atoms with van der Waals surface area (Å²) in [6, 6.07) is 21.1. The van der Waals surface area contributed by atoms with Gasteiger partial charge in [0.05, 0.1) is 30.6 Å². The van der Waals surface area contributed by atoms with Crippen molar-refractivity contribution in [3.63, 3.8) is 0 Å². The molecule has 0 saturated heterocycles. The molecule has 0 atom stereocenters. The van der Waals surface area contributed by atoms with Gasteiger partial charge in [-0.25, -0.2) is 9.36 Å². The molecule has 1 N–H and O–H groups in total. The Hall–Kier alpha value is -3.64. The van der Waals surface area contributed by atoms with Crippen molar-refractivity contribution in [2.45, 2.75) is 39.4 Å². The van der Waals surface area contributed by atoms with E-state index < -0.39 is 11.7 Å². The number of methoxy groups -OCH3 is 1. The summed E-state index contributed by atoms with van der Waals surface area (Å²) in [5, 5.41) is 10.4. The van der Waals surface area contributed by atoms with Crippen LogP contribution in [0.25, 0.3) is 22.2 Å². The average molecular weight is 445 g/mol. The zero-order valence-corrected chi connectivity index (χ0v) is 19.3. The highest BCUT2D eigenvalue weighted by Crippen LogP contribution is 2.37. The van der Waals surface area contributed by atoms with Gasteiger partial charge in [-0.3, -0.25) is 4.98 Å². The fraction of sp³-hybridized carbons (Fsp3) is 0.259. The van der Waals surface area contributed by atoms with E-state index in [9.17, 15) is 9.90 Å². The molecule has 0 bridgehead atoms.